The highest BCUT2D eigenvalue weighted by atomic mass is 32.2. The lowest BCUT2D eigenvalue weighted by Crippen LogP contribution is -2.40. The van der Waals surface area contributed by atoms with E-state index in [0.29, 0.717) is 13.1 Å². The largest absolute Gasteiger partial charge is 0.339 e. The Morgan fingerprint density at radius 2 is 1.83 bits per heavy atom. The van der Waals surface area contributed by atoms with Gasteiger partial charge in [0.25, 0.3) is 5.91 Å². The Hall–Kier alpha value is -2.41. The Labute approximate surface area is 172 Å². The smallest absolute Gasteiger partial charge is 0.254 e. The maximum atomic E-state index is 13.3. The molecule has 1 N–H and O–H groups in total. The quantitative estimate of drug-likeness (QED) is 0.743. The summed E-state index contributed by atoms with van der Waals surface area (Å²) in [7, 11) is 0. The number of piperidine rings is 1. The molecule has 0 unspecified atom stereocenters. The highest BCUT2D eigenvalue weighted by Crippen LogP contribution is 2.59. The first kappa shape index (κ1) is 19.9. The lowest BCUT2D eigenvalue weighted by molar-refractivity contribution is -0.118. The van der Waals surface area contributed by atoms with Gasteiger partial charge < -0.3 is 10.2 Å². The summed E-state index contributed by atoms with van der Waals surface area (Å²) < 4.78 is 26.4. The van der Waals surface area contributed by atoms with Gasteiger partial charge in [-0.1, -0.05) is 12.1 Å². The van der Waals surface area contributed by atoms with Crippen molar-refractivity contribution in [2.45, 2.75) is 24.2 Å². The average molecular weight is 416 g/mol. The monoisotopic (exact) mass is 416 g/mol. The van der Waals surface area contributed by atoms with Crippen LogP contribution in [-0.2, 0) is 4.79 Å². The number of benzene rings is 2. The van der Waals surface area contributed by atoms with Gasteiger partial charge in [-0.15, -0.1) is 11.8 Å². The fraction of sp³-hybridized carbons (Fsp3) is 0.364. The Morgan fingerprint density at radius 3 is 2.52 bits per heavy atom. The third kappa shape index (κ3) is 3.88. The molecule has 1 atom stereocenters. The molecule has 1 spiro atoms. The van der Waals surface area contributed by atoms with Crippen LogP contribution in [0.5, 0.6) is 0 Å². The molecule has 1 heterocycles. The van der Waals surface area contributed by atoms with Crippen LogP contribution in [0.15, 0.2) is 47.4 Å². The predicted octanol–water partition coefficient (Wildman–Crippen LogP) is 4.57. The number of hydrogen-bond donors (Lipinski definition) is 1. The molecule has 2 aromatic rings. The molecule has 2 amide bonds. The molecular weight excluding hydrogens is 394 g/mol. The van der Waals surface area contributed by atoms with E-state index in [2.05, 4.69) is 5.32 Å². The van der Waals surface area contributed by atoms with Gasteiger partial charge in [-0.3, -0.25) is 9.59 Å². The van der Waals surface area contributed by atoms with Crippen molar-refractivity contribution >= 4 is 29.3 Å². The molecule has 1 aliphatic heterocycles. The van der Waals surface area contributed by atoms with E-state index in [4.69, 9.17) is 0 Å². The summed E-state index contributed by atoms with van der Waals surface area (Å²) in [5.41, 5.74) is 0.898. The van der Waals surface area contributed by atoms with Gasteiger partial charge in [0.05, 0.1) is 5.56 Å². The second kappa shape index (κ2) is 7.78. The van der Waals surface area contributed by atoms with Crippen LogP contribution in [-0.4, -0.2) is 36.1 Å². The van der Waals surface area contributed by atoms with Gasteiger partial charge >= 0.3 is 0 Å². The number of amides is 2. The molecule has 2 aromatic carbocycles. The lowest BCUT2D eigenvalue weighted by Gasteiger charge is -2.33. The van der Waals surface area contributed by atoms with Crippen molar-refractivity contribution in [1.29, 1.82) is 0 Å². The zero-order valence-electron chi connectivity index (χ0n) is 16.1. The van der Waals surface area contributed by atoms with Gasteiger partial charge in [-0.25, -0.2) is 8.78 Å². The van der Waals surface area contributed by atoms with E-state index >= 15 is 0 Å². The first-order valence-electron chi connectivity index (χ1n) is 9.62. The van der Waals surface area contributed by atoms with Crippen LogP contribution in [0.3, 0.4) is 0 Å². The summed E-state index contributed by atoms with van der Waals surface area (Å²) in [4.78, 5) is 28.3. The second-order valence-electron chi connectivity index (χ2n) is 7.73. The molecule has 4 nitrogen and oxygen atoms in total. The van der Waals surface area contributed by atoms with Crippen LogP contribution in [0, 0.1) is 23.0 Å². The summed E-state index contributed by atoms with van der Waals surface area (Å²) >= 11 is 1.56. The van der Waals surface area contributed by atoms with Gasteiger partial charge in [-0.2, -0.15) is 0 Å². The summed E-state index contributed by atoms with van der Waals surface area (Å²) in [5.74, 6) is -2.19. The Kier molecular flexibility index (Phi) is 5.34. The molecule has 1 saturated heterocycles. The van der Waals surface area contributed by atoms with Crippen LogP contribution >= 0.6 is 11.8 Å². The van der Waals surface area contributed by atoms with Crippen LogP contribution in [0.2, 0.25) is 0 Å². The highest BCUT2D eigenvalue weighted by molar-refractivity contribution is 7.98. The predicted molar refractivity (Wildman–Crippen MR) is 109 cm³/mol. The third-order valence-electron chi connectivity index (χ3n) is 6.08. The van der Waals surface area contributed by atoms with Crippen molar-refractivity contribution in [3.63, 3.8) is 0 Å². The number of thioether (sulfide) groups is 1. The average Bonchev–Trinajstić information content (AvgIpc) is 3.44. The first-order chi connectivity index (χ1) is 13.9. The molecule has 29 heavy (non-hydrogen) atoms. The van der Waals surface area contributed by atoms with E-state index in [1.165, 1.54) is 6.07 Å². The zero-order chi connectivity index (χ0) is 20.6. The van der Waals surface area contributed by atoms with E-state index in [-0.39, 0.29) is 28.8 Å². The fourth-order valence-electron chi connectivity index (χ4n) is 4.22. The van der Waals surface area contributed by atoms with Crippen LogP contribution in [0.4, 0.5) is 14.5 Å². The molecule has 2 aliphatic rings. The van der Waals surface area contributed by atoms with Gasteiger partial charge in [0.2, 0.25) is 5.91 Å². The molecule has 1 aliphatic carbocycles. The summed E-state index contributed by atoms with van der Waals surface area (Å²) in [6.45, 7) is 1.24. The Balaban J connectivity index is 1.35. The number of carbonyl (C=O) groups excluding carboxylic acids is 2. The number of rotatable bonds is 4. The number of nitrogens with one attached hydrogen (secondary N) is 1. The standard InChI is InChI=1S/C22H22F2N2O2S/c1-29-19-5-3-2-4-15(19)21(28)26-10-8-22(9-11-26)13-16(22)20(27)25-14-6-7-17(23)18(24)12-14/h2-7,12,16H,8-11,13H2,1H3,(H,25,27)/t16-/m1/s1. The van der Waals surface area contributed by atoms with E-state index in [9.17, 15) is 18.4 Å². The minimum absolute atomic E-state index is 0.0354. The van der Waals surface area contributed by atoms with Crippen molar-refractivity contribution in [2.24, 2.45) is 11.3 Å². The molecule has 152 valence electrons. The van der Waals surface area contributed by atoms with Crippen molar-refractivity contribution in [3.05, 3.63) is 59.7 Å². The van der Waals surface area contributed by atoms with E-state index in [1.807, 2.05) is 35.4 Å². The van der Waals surface area contributed by atoms with Gasteiger partial charge in [0.1, 0.15) is 0 Å². The minimum Gasteiger partial charge on any atom is -0.339 e. The number of nitrogens with zero attached hydrogens (tertiary/aromatic N) is 1. The van der Waals surface area contributed by atoms with Gasteiger partial charge in [0.15, 0.2) is 11.6 Å². The molecule has 1 saturated carbocycles. The number of likely N-dealkylation sites (tertiary alicyclic amines) is 1. The molecule has 4 rings (SSSR count). The van der Waals surface area contributed by atoms with Gasteiger partial charge in [0, 0.05) is 35.7 Å². The number of hydrogen-bond acceptors (Lipinski definition) is 3. The van der Waals surface area contributed by atoms with Crippen molar-refractivity contribution < 1.29 is 18.4 Å². The van der Waals surface area contributed by atoms with Gasteiger partial charge in [-0.05, 0) is 55.2 Å². The van der Waals surface area contributed by atoms with E-state index in [0.717, 1.165) is 41.9 Å². The maximum Gasteiger partial charge on any atom is 0.254 e. The fourth-order valence-corrected chi connectivity index (χ4v) is 4.81. The molecule has 2 fully saturated rings. The van der Waals surface area contributed by atoms with E-state index < -0.39 is 11.6 Å². The maximum absolute atomic E-state index is 13.3. The summed E-state index contributed by atoms with van der Waals surface area (Å²) in [6, 6.07) is 11.0. The summed E-state index contributed by atoms with van der Waals surface area (Å²) in [5, 5.41) is 2.69. The third-order valence-corrected chi connectivity index (χ3v) is 6.87. The molecule has 7 heteroatoms. The van der Waals surface area contributed by atoms with Crippen LogP contribution in [0.1, 0.15) is 29.6 Å². The topological polar surface area (TPSA) is 49.4 Å². The SMILES string of the molecule is CSc1ccccc1C(=O)N1CCC2(CC1)C[C@@H]2C(=O)Nc1ccc(F)c(F)c1. The number of halogens is 2. The Morgan fingerprint density at radius 1 is 1.10 bits per heavy atom. The van der Waals surface area contributed by atoms with E-state index in [1.54, 1.807) is 11.8 Å². The zero-order valence-corrected chi connectivity index (χ0v) is 16.9. The highest BCUT2D eigenvalue weighted by Gasteiger charge is 2.58. The normalized spacial score (nSPS) is 19.8. The molecule has 0 aromatic heterocycles. The van der Waals surface area contributed by atoms with Crippen molar-refractivity contribution in [2.75, 3.05) is 24.7 Å². The van der Waals surface area contributed by atoms with Crippen molar-refractivity contribution in [3.8, 4) is 0 Å². The second-order valence-corrected chi connectivity index (χ2v) is 8.58. The number of anilines is 1. The summed E-state index contributed by atoms with van der Waals surface area (Å²) in [6.07, 6.45) is 4.27. The molecule has 0 bridgehead atoms. The first-order valence-corrected chi connectivity index (χ1v) is 10.8. The van der Waals surface area contributed by atoms with Crippen LogP contribution < -0.4 is 5.32 Å². The lowest BCUT2D eigenvalue weighted by atomic mass is 9.90. The molecular formula is C22H22F2N2O2S. The van der Waals surface area contributed by atoms with Crippen LogP contribution in [0.25, 0.3) is 0 Å². The minimum atomic E-state index is -0.981. The molecule has 0 radical (unpaired) electrons. The Bertz CT molecular complexity index is 958. The number of carbonyl (C=O) groups is 2. The van der Waals surface area contributed by atoms with Crippen molar-refractivity contribution in [1.82, 2.24) is 4.90 Å².